The molecule has 3 rings (SSSR count). The van der Waals surface area contributed by atoms with Gasteiger partial charge < -0.3 is 14.6 Å². The second-order valence-electron chi connectivity index (χ2n) is 6.02. The minimum Gasteiger partial charge on any atom is -0.477 e. The molecule has 26 heavy (non-hydrogen) atoms. The van der Waals surface area contributed by atoms with Crippen LogP contribution in [0.3, 0.4) is 0 Å². The van der Waals surface area contributed by atoms with Crippen molar-refractivity contribution < 1.29 is 23.4 Å². The quantitative estimate of drug-likeness (QED) is 0.650. The van der Waals surface area contributed by atoms with E-state index in [1.165, 1.54) is 19.2 Å². The highest BCUT2D eigenvalue weighted by Gasteiger charge is 2.37. The third-order valence-electron chi connectivity index (χ3n) is 4.14. The lowest BCUT2D eigenvalue weighted by atomic mass is 10.2. The number of nitrogens with one attached hydrogen (secondary N) is 1. The first-order chi connectivity index (χ1) is 12.2. The van der Waals surface area contributed by atoms with Gasteiger partial charge in [0.05, 0.1) is 15.7 Å². The van der Waals surface area contributed by atoms with Gasteiger partial charge in [-0.15, -0.1) is 0 Å². The monoisotopic (exact) mass is 395 g/mol. The van der Waals surface area contributed by atoms with Gasteiger partial charge in [0, 0.05) is 17.9 Å². The number of aryl methyl sites for hydroxylation is 2. The van der Waals surface area contributed by atoms with Gasteiger partial charge in [0.15, 0.2) is 5.82 Å². The molecule has 136 valence electrons. The summed E-state index contributed by atoms with van der Waals surface area (Å²) in [7, 11) is -2.69. The molecular weight excluding hydrogens is 380 g/mol. The van der Waals surface area contributed by atoms with E-state index in [4.69, 9.17) is 16.1 Å². The summed E-state index contributed by atoms with van der Waals surface area (Å²) in [4.78, 5) is 14.4. The molecular formula is C18H16ClFNO4P. The Hall–Kier alpha value is -2.14. The van der Waals surface area contributed by atoms with Crippen LogP contribution in [0.15, 0.2) is 30.3 Å². The number of hydrogen-bond acceptors (Lipinski definition) is 3. The van der Waals surface area contributed by atoms with Crippen molar-refractivity contribution in [2.75, 3.05) is 7.11 Å². The normalized spacial score (nSPS) is 13.7. The van der Waals surface area contributed by atoms with E-state index in [1.54, 1.807) is 12.1 Å². The highest BCUT2D eigenvalue weighted by Crippen LogP contribution is 2.48. The van der Waals surface area contributed by atoms with E-state index in [9.17, 15) is 18.9 Å². The maximum Gasteiger partial charge on any atom is 0.353 e. The molecule has 0 bridgehead atoms. The molecule has 2 aromatic carbocycles. The summed E-state index contributed by atoms with van der Waals surface area (Å²) in [5.74, 6) is -2.21. The van der Waals surface area contributed by atoms with E-state index in [1.807, 2.05) is 19.9 Å². The second-order valence-corrected chi connectivity index (χ2v) is 8.86. The van der Waals surface area contributed by atoms with E-state index in [0.29, 0.717) is 5.30 Å². The number of carboxylic acids is 1. The maximum atomic E-state index is 14.8. The van der Waals surface area contributed by atoms with Crippen molar-refractivity contribution in [1.82, 2.24) is 4.98 Å². The SMILES string of the molecule is COP(=O)(c1cc(C)cc(C)c1)c1c(C(=O)O)[nH]c2ccc(Cl)c(F)c12. The molecule has 1 atom stereocenters. The zero-order valence-corrected chi connectivity index (χ0v) is 15.9. The van der Waals surface area contributed by atoms with Crippen molar-refractivity contribution >= 4 is 46.5 Å². The van der Waals surface area contributed by atoms with Crippen molar-refractivity contribution in [3.63, 3.8) is 0 Å². The highest BCUT2D eigenvalue weighted by atomic mass is 35.5. The first-order valence-electron chi connectivity index (χ1n) is 7.67. The Morgan fingerprint density at radius 3 is 2.38 bits per heavy atom. The molecule has 0 radical (unpaired) electrons. The summed E-state index contributed by atoms with van der Waals surface area (Å²) in [6, 6.07) is 7.92. The van der Waals surface area contributed by atoms with Crippen LogP contribution in [0.25, 0.3) is 10.9 Å². The van der Waals surface area contributed by atoms with Crippen LogP contribution in [-0.4, -0.2) is 23.2 Å². The molecule has 0 amide bonds. The lowest BCUT2D eigenvalue weighted by Crippen LogP contribution is -2.23. The second kappa shape index (κ2) is 6.54. The number of hydrogen-bond donors (Lipinski definition) is 2. The van der Waals surface area contributed by atoms with Crippen molar-refractivity contribution in [3.05, 3.63) is 58.0 Å². The third-order valence-corrected chi connectivity index (χ3v) is 6.92. The number of aromatic carboxylic acids is 1. The highest BCUT2D eigenvalue weighted by molar-refractivity contribution is 7.75. The molecule has 0 aliphatic rings. The number of aromatic nitrogens is 1. The number of halogens is 2. The molecule has 0 saturated heterocycles. The Labute approximate surface area is 154 Å². The number of carbonyl (C=O) groups is 1. The van der Waals surface area contributed by atoms with Gasteiger partial charge in [0.2, 0.25) is 0 Å². The van der Waals surface area contributed by atoms with E-state index >= 15 is 0 Å². The van der Waals surface area contributed by atoms with Gasteiger partial charge in [0.25, 0.3) is 7.37 Å². The molecule has 3 aromatic rings. The van der Waals surface area contributed by atoms with Crippen molar-refractivity contribution in [1.29, 1.82) is 0 Å². The van der Waals surface area contributed by atoms with Crippen molar-refractivity contribution in [3.8, 4) is 0 Å². The number of fused-ring (bicyclic) bond motifs is 1. The predicted molar refractivity (Wildman–Crippen MR) is 100 cm³/mol. The van der Waals surface area contributed by atoms with Crippen LogP contribution in [0, 0.1) is 19.7 Å². The molecule has 1 unspecified atom stereocenters. The van der Waals surface area contributed by atoms with Crippen LogP contribution in [0.5, 0.6) is 0 Å². The summed E-state index contributed by atoms with van der Waals surface area (Å²) >= 11 is 5.87. The number of benzene rings is 2. The Bertz CT molecular complexity index is 1070. The summed E-state index contributed by atoms with van der Waals surface area (Å²) < 4.78 is 33.9. The smallest absolute Gasteiger partial charge is 0.353 e. The minimum absolute atomic E-state index is 0.140. The van der Waals surface area contributed by atoms with Crippen LogP contribution < -0.4 is 10.6 Å². The predicted octanol–water partition coefficient (Wildman–Crippen LogP) is 4.15. The summed E-state index contributed by atoms with van der Waals surface area (Å²) in [6.07, 6.45) is 0. The topological polar surface area (TPSA) is 79.4 Å². The number of rotatable bonds is 4. The van der Waals surface area contributed by atoms with Crippen LogP contribution in [0.2, 0.25) is 5.02 Å². The molecule has 5 nitrogen and oxygen atoms in total. The molecule has 2 N–H and O–H groups in total. The van der Waals surface area contributed by atoms with Gasteiger partial charge in [-0.2, -0.15) is 0 Å². The number of aromatic amines is 1. The first-order valence-corrected chi connectivity index (χ1v) is 9.67. The van der Waals surface area contributed by atoms with Crippen LogP contribution in [0.4, 0.5) is 4.39 Å². The molecule has 0 aliphatic heterocycles. The number of carboxylic acid groups (broad SMARTS) is 1. The maximum absolute atomic E-state index is 14.8. The zero-order valence-electron chi connectivity index (χ0n) is 14.3. The van der Waals surface area contributed by atoms with Gasteiger partial charge in [-0.25, -0.2) is 9.18 Å². The molecule has 1 heterocycles. The first kappa shape index (κ1) is 18.6. The standard InChI is InChI=1S/C18H16ClFNO4P/c1-9-6-10(2)8-11(7-9)26(24,25-3)17-14-13(21-16(17)18(22)23)5-4-12(19)15(14)20/h4-8,21H,1-3H3,(H,22,23). The Morgan fingerprint density at radius 2 is 1.85 bits per heavy atom. The summed E-state index contributed by atoms with van der Waals surface area (Å²) in [5, 5.41) is 9.31. The molecule has 0 spiro atoms. The van der Waals surface area contributed by atoms with E-state index < -0.39 is 19.2 Å². The number of H-pyrrole nitrogens is 1. The van der Waals surface area contributed by atoms with Crippen LogP contribution in [-0.2, 0) is 9.09 Å². The molecule has 8 heteroatoms. The van der Waals surface area contributed by atoms with Crippen LogP contribution in [0.1, 0.15) is 21.6 Å². The Morgan fingerprint density at radius 1 is 1.23 bits per heavy atom. The minimum atomic E-state index is -3.91. The molecule has 0 saturated carbocycles. The lowest BCUT2D eigenvalue weighted by Gasteiger charge is -2.18. The Balaban J connectivity index is 2.48. The van der Waals surface area contributed by atoms with Gasteiger partial charge in [-0.1, -0.05) is 28.8 Å². The van der Waals surface area contributed by atoms with E-state index in [-0.39, 0.29) is 26.9 Å². The van der Waals surface area contributed by atoms with E-state index in [0.717, 1.165) is 11.1 Å². The van der Waals surface area contributed by atoms with E-state index in [2.05, 4.69) is 4.98 Å². The summed E-state index contributed by atoms with van der Waals surface area (Å²) in [6.45, 7) is 3.64. The molecule has 1 aromatic heterocycles. The summed E-state index contributed by atoms with van der Waals surface area (Å²) in [5.41, 5.74) is 1.45. The van der Waals surface area contributed by atoms with Gasteiger partial charge in [0.1, 0.15) is 5.69 Å². The van der Waals surface area contributed by atoms with Gasteiger partial charge >= 0.3 is 5.97 Å². The average molecular weight is 396 g/mol. The van der Waals surface area contributed by atoms with Crippen LogP contribution >= 0.6 is 19.0 Å². The lowest BCUT2D eigenvalue weighted by molar-refractivity contribution is 0.0692. The average Bonchev–Trinajstić information content (AvgIpc) is 2.97. The zero-order chi connectivity index (χ0) is 19.2. The Kier molecular flexibility index (Phi) is 4.69. The van der Waals surface area contributed by atoms with Gasteiger partial charge in [-0.05, 0) is 38.1 Å². The fourth-order valence-electron chi connectivity index (χ4n) is 3.10. The fourth-order valence-corrected chi connectivity index (χ4v) is 5.62. The molecule has 0 aliphatic carbocycles. The van der Waals surface area contributed by atoms with Gasteiger partial charge in [-0.3, -0.25) is 4.57 Å². The third kappa shape index (κ3) is 2.84. The van der Waals surface area contributed by atoms with Crippen molar-refractivity contribution in [2.24, 2.45) is 0 Å². The fraction of sp³-hybridized carbons (Fsp3) is 0.167. The van der Waals surface area contributed by atoms with Crippen molar-refractivity contribution in [2.45, 2.75) is 13.8 Å². The molecule has 0 fully saturated rings. The largest absolute Gasteiger partial charge is 0.477 e.